The van der Waals surface area contributed by atoms with Crippen molar-refractivity contribution in [3.8, 4) is 0 Å². The fourth-order valence-corrected chi connectivity index (χ4v) is 3.47. The number of imidazole rings is 1. The number of halogens is 4. The summed E-state index contributed by atoms with van der Waals surface area (Å²) in [4.78, 5) is 36.0. The molecule has 3 aromatic heterocycles. The van der Waals surface area contributed by atoms with E-state index in [2.05, 4.69) is 35.5 Å². The fourth-order valence-electron chi connectivity index (χ4n) is 3.47. The van der Waals surface area contributed by atoms with Gasteiger partial charge in [-0.05, 0) is 37.3 Å². The van der Waals surface area contributed by atoms with E-state index in [0.717, 1.165) is 22.8 Å². The van der Waals surface area contributed by atoms with Crippen LogP contribution >= 0.6 is 0 Å². The zero-order valence-corrected chi connectivity index (χ0v) is 18.9. The van der Waals surface area contributed by atoms with E-state index in [1.54, 1.807) is 29.3 Å². The second-order valence-electron chi connectivity index (χ2n) is 7.49. The molecule has 0 saturated heterocycles. The number of carboxylic acids is 1. The van der Waals surface area contributed by atoms with Gasteiger partial charge in [-0.25, -0.2) is 19.0 Å². The van der Waals surface area contributed by atoms with Gasteiger partial charge in [0, 0.05) is 17.6 Å². The second-order valence-corrected chi connectivity index (χ2v) is 7.49. The van der Waals surface area contributed by atoms with Crippen LogP contribution in [0.2, 0.25) is 0 Å². The Morgan fingerprint density at radius 3 is 2.54 bits per heavy atom. The van der Waals surface area contributed by atoms with E-state index in [1.807, 2.05) is 25.1 Å². The number of carbonyl (C=O) groups is 1. The van der Waals surface area contributed by atoms with Gasteiger partial charge in [-0.15, -0.1) is 0 Å². The summed E-state index contributed by atoms with van der Waals surface area (Å²) in [5.41, 5.74) is 3.36. The molecule has 0 radical (unpaired) electrons. The number of aliphatic carboxylic acids is 1. The Bertz CT molecular complexity index is 1630. The number of hydrogen-bond acceptors (Lipinski definition) is 7. The van der Waals surface area contributed by atoms with Gasteiger partial charge in [0.25, 0.3) is 0 Å². The summed E-state index contributed by atoms with van der Waals surface area (Å²) in [5.74, 6) is -2.90. The lowest BCUT2D eigenvalue weighted by Crippen LogP contribution is -2.21. The van der Waals surface area contributed by atoms with E-state index in [4.69, 9.17) is 9.90 Å². The summed E-state index contributed by atoms with van der Waals surface area (Å²) in [5, 5.41) is 18.1. The molecular weight excluding hydrogens is 500 g/mol. The van der Waals surface area contributed by atoms with Crippen LogP contribution < -0.4 is 15.9 Å². The van der Waals surface area contributed by atoms with Gasteiger partial charge in [-0.2, -0.15) is 23.3 Å². The number of aromatic amines is 3. The zero-order chi connectivity index (χ0) is 26.7. The fraction of sp³-hybridized carbons (Fsp3) is 0.136. The van der Waals surface area contributed by atoms with Crippen LogP contribution in [0.4, 0.5) is 40.7 Å². The lowest BCUT2D eigenvalue weighted by molar-refractivity contribution is -0.192. The van der Waals surface area contributed by atoms with Crippen molar-refractivity contribution in [2.24, 2.45) is 0 Å². The van der Waals surface area contributed by atoms with E-state index in [0.29, 0.717) is 23.3 Å². The number of rotatable bonds is 5. The first kappa shape index (κ1) is 25.2. The third kappa shape index (κ3) is 5.50. The lowest BCUT2D eigenvalue weighted by atomic mass is 10.2. The average Bonchev–Trinajstić information content (AvgIpc) is 3.47. The molecule has 0 aliphatic rings. The summed E-state index contributed by atoms with van der Waals surface area (Å²) >= 11 is 0. The quantitative estimate of drug-likeness (QED) is 0.217. The van der Waals surface area contributed by atoms with Crippen molar-refractivity contribution in [1.82, 2.24) is 30.1 Å². The van der Waals surface area contributed by atoms with E-state index >= 15 is 0 Å². The van der Waals surface area contributed by atoms with Crippen LogP contribution in [0.25, 0.3) is 21.9 Å². The number of H-pyrrole nitrogens is 3. The van der Waals surface area contributed by atoms with Gasteiger partial charge in [-0.1, -0.05) is 6.07 Å². The van der Waals surface area contributed by atoms with Gasteiger partial charge in [-0.3, -0.25) is 5.10 Å². The molecule has 0 aliphatic heterocycles. The number of fused-ring (bicyclic) bond motifs is 2. The third-order valence-corrected chi connectivity index (χ3v) is 5.06. The number of alkyl halides is 3. The molecule has 0 saturated carbocycles. The van der Waals surface area contributed by atoms with Crippen LogP contribution in [0.15, 0.2) is 53.6 Å². The topological polar surface area (TPSA) is 156 Å². The van der Waals surface area contributed by atoms with Crippen LogP contribution in [0, 0.1) is 5.82 Å². The van der Waals surface area contributed by atoms with Crippen molar-refractivity contribution >= 4 is 51.0 Å². The first-order valence-electron chi connectivity index (χ1n) is 10.6. The minimum atomic E-state index is -5.08. The monoisotopic (exact) mass is 518 g/mol. The zero-order valence-electron chi connectivity index (χ0n) is 18.9. The molecule has 15 heteroatoms. The first-order chi connectivity index (χ1) is 17.6. The highest BCUT2D eigenvalue weighted by atomic mass is 19.4. The highest BCUT2D eigenvalue weighted by molar-refractivity contribution is 5.93. The maximum absolute atomic E-state index is 14.7. The minimum absolute atomic E-state index is 0.153. The van der Waals surface area contributed by atoms with Gasteiger partial charge < -0.3 is 25.3 Å². The molecule has 5 N–H and O–H groups in total. The normalized spacial score (nSPS) is 11.3. The predicted octanol–water partition coefficient (Wildman–Crippen LogP) is 4.20. The van der Waals surface area contributed by atoms with E-state index in [-0.39, 0.29) is 17.5 Å². The smallest absolute Gasteiger partial charge is 0.475 e. The number of anilines is 4. The van der Waals surface area contributed by atoms with E-state index in [1.165, 1.54) is 0 Å². The second kappa shape index (κ2) is 9.96. The van der Waals surface area contributed by atoms with E-state index < -0.39 is 18.0 Å². The molecule has 0 aliphatic carbocycles. The van der Waals surface area contributed by atoms with Crippen LogP contribution in [0.3, 0.4) is 0 Å². The van der Waals surface area contributed by atoms with Crippen molar-refractivity contribution in [3.63, 3.8) is 0 Å². The van der Waals surface area contributed by atoms with Crippen LogP contribution in [-0.4, -0.2) is 53.9 Å². The highest BCUT2D eigenvalue weighted by Gasteiger charge is 2.38. The van der Waals surface area contributed by atoms with Crippen LogP contribution in [-0.2, 0) is 4.79 Å². The molecule has 5 rings (SSSR count). The molecule has 0 spiro atoms. The molecule has 0 fully saturated rings. The summed E-state index contributed by atoms with van der Waals surface area (Å²) in [6.07, 6.45) is -2.24. The Morgan fingerprint density at radius 2 is 1.84 bits per heavy atom. The Balaban J connectivity index is 0.000000405. The summed E-state index contributed by atoms with van der Waals surface area (Å²) in [6.45, 7) is 2.41. The standard InChI is InChI=1S/C20H17FN8O.C2HF3O2/c1-2-29(17-5-3-4-14-12(17)9-23-28-14)18-13(21)10-22-19(27-18)24-11-6-7-15-16(8-11)26-20(30)25-15;3-2(4,5)1(6)7/h3-10H,2H2,1H3,(H,23,28)(H,22,24,27)(H2,25,26,30);(H,6,7). The Morgan fingerprint density at radius 1 is 1.11 bits per heavy atom. The molecular formula is C22H18F4N8O3. The molecule has 192 valence electrons. The first-order valence-corrected chi connectivity index (χ1v) is 10.6. The molecule has 2 aromatic carbocycles. The van der Waals surface area contributed by atoms with Crippen molar-refractivity contribution in [2.45, 2.75) is 13.1 Å². The summed E-state index contributed by atoms with van der Waals surface area (Å²) < 4.78 is 46.4. The Labute approximate surface area is 204 Å². The van der Waals surface area contributed by atoms with Crippen molar-refractivity contribution in [1.29, 1.82) is 0 Å². The number of benzene rings is 2. The minimum Gasteiger partial charge on any atom is -0.475 e. The number of hydrogen-bond donors (Lipinski definition) is 5. The predicted molar refractivity (Wildman–Crippen MR) is 127 cm³/mol. The van der Waals surface area contributed by atoms with Gasteiger partial charge >= 0.3 is 17.8 Å². The Kier molecular flexibility index (Phi) is 6.77. The lowest BCUT2D eigenvalue weighted by Gasteiger charge is -2.23. The molecule has 0 unspecified atom stereocenters. The average molecular weight is 518 g/mol. The largest absolute Gasteiger partial charge is 0.490 e. The molecule has 0 atom stereocenters. The third-order valence-electron chi connectivity index (χ3n) is 5.06. The van der Waals surface area contributed by atoms with E-state index in [9.17, 15) is 22.4 Å². The summed E-state index contributed by atoms with van der Waals surface area (Å²) in [7, 11) is 0. The highest BCUT2D eigenvalue weighted by Crippen LogP contribution is 2.32. The molecule has 3 heterocycles. The summed E-state index contributed by atoms with van der Waals surface area (Å²) in [6, 6.07) is 11.0. The van der Waals surface area contributed by atoms with Crippen molar-refractivity contribution in [2.75, 3.05) is 16.8 Å². The number of nitrogens with one attached hydrogen (secondary N) is 4. The van der Waals surface area contributed by atoms with Gasteiger partial charge in [0.05, 0.1) is 34.6 Å². The van der Waals surface area contributed by atoms with Gasteiger partial charge in [0.1, 0.15) is 0 Å². The van der Waals surface area contributed by atoms with Crippen LogP contribution in [0.5, 0.6) is 0 Å². The number of nitrogens with zero attached hydrogens (tertiary/aromatic N) is 4. The van der Waals surface area contributed by atoms with Crippen molar-refractivity contribution in [3.05, 3.63) is 65.1 Å². The number of carboxylic acid groups (broad SMARTS) is 1. The SMILES string of the molecule is CCN(c1nc(Nc2ccc3[nH]c(=O)[nH]c3c2)ncc1F)c1cccc2[nH]ncc12.O=C(O)C(F)(F)F. The molecule has 11 nitrogen and oxygen atoms in total. The number of aromatic nitrogens is 6. The molecule has 0 bridgehead atoms. The maximum Gasteiger partial charge on any atom is 0.490 e. The molecule has 5 aromatic rings. The van der Waals surface area contributed by atoms with Gasteiger partial charge in [0.15, 0.2) is 11.6 Å². The maximum atomic E-state index is 14.7. The molecule has 0 amide bonds. The van der Waals surface area contributed by atoms with Crippen molar-refractivity contribution < 1.29 is 27.5 Å². The Hall–Kier alpha value is -4.95. The molecule has 37 heavy (non-hydrogen) atoms. The van der Waals surface area contributed by atoms with Gasteiger partial charge in [0.2, 0.25) is 5.95 Å². The van der Waals surface area contributed by atoms with Crippen LogP contribution in [0.1, 0.15) is 6.92 Å².